The van der Waals surface area contributed by atoms with Crippen molar-refractivity contribution >= 4 is 11.8 Å². The highest BCUT2D eigenvalue weighted by molar-refractivity contribution is 5.96. The third-order valence-corrected chi connectivity index (χ3v) is 4.71. The first-order valence-electron chi connectivity index (χ1n) is 8.99. The van der Waals surface area contributed by atoms with Gasteiger partial charge in [-0.1, -0.05) is 48.5 Å². The summed E-state index contributed by atoms with van der Waals surface area (Å²) in [6.45, 7) is 1.09. The average molecular weight is 360 g/mol. The van der Waals surface area contributed by atoms with Gasteiger partial charge in [0.2, 0.25) is 5.91 Å². The van der Waals surface area contributed by atoms with Crippen molar-refractivity contribution in [1.82, 2.24) is 10.2 Å². The Morgan fingerprint density at radius 1 is 1.00 bits per heavy atom. The summed E-state index contributed by atoms with van der Waals surface area (Å²) in [5.74, 6) is 1.43. The van der Waals surface area contributed by atoms with Crippen molar-refractivity contribution in [1.29, 1.82) is 0 Å². The highest BCUT2D eigenvalue weighted by atomic mass is 16.3. The molecule has 0 bridgehead atoms. The summed E-state index contributed by atoms with van der Waals surface area (Å²) >= 11 is 0. The van der Waals surface area contributed by atoms with E-state index in [0.717, 1.165) is 22.6 Å². The fourth-order valence-corrected chi connectivity index (χ4v) is 3.25. The quantitative estimate of drug-likeness (QED) is 0.777. The summed E-state index contributed by atoms with van der Waals surface area (Å²) in [7, 11) is 0. The zero-order valence-corrected chi connectivity index (χ0v) is 14.9. The zero-order valence-electron chi connectivity index (χ0n) is 14.9. The van der Waals surface area contributed by atoms with Crippen molar-refractivity contribution in [2.24, 2.45) is 0 Å². The minimum absolute atomic E-state index is 0.00749. The van der Waals surface area contributed by atoms with E-state index in [0.29, 0.717) is 25.1 Å². The van der Waals surface area contributed by atoms with E-state index in [1.165, 1.54) is 0 Å². The van der Waals surface area contributed by atoms with Gasteiger partial charge in [0, 0.05) is 36.2 Å². The molecule has 0 spiro atoms. The van der Waals surface area contributed by atoms with Crippen molar-refractivity contribution in [3.63, 3.8) is 0 Å². The molecule has 0 fully saturated rings. The van der Waals surface area contributed by atoms with E-state index in [1.54, 1.807) is 29.2 Å². The fraction of sp³-hybridized carbons (Fsp3) is 0.182. The molecule has 2 aromatic carbocycles. The molecule has 0 saturated heterocycles. The maximum atomic E-state index is 12.5. The van der Waals surface area contributed by atoms with Gasteiger partial charge in [0.1, 0.15) is 11.5 Å². The second-order valence-corrected chi connectivity index (χ2v) is 6.54. The van der Waals surface area contributed by atoms with E-state index in [2.05, 4.69) is 5.32 Å². The second-order valence-electron chi connectivity index (χ2n) is 6.54. The fourth-order valence-electron chi connectivity index (χ4n) is 3.25. The molecule has 136 valence electrons. The van der Waals surface area contributed by atoms with Crippen LogP contribution in [0.15, 0.2) is 71.1 Å². The number of rotatable bonds is 4. The number of nitrogens with one attached hydrogen (secondary N) is 1. The lowest BCUT2D eigenvalue weighted by atomic mass is 10.1. The van der Waals surface area contributed by atoms with Crippen LogP contribution in [0.4, 0.5) is 0 Å². The average Bonchev–Trinajstić information content (AvgIpc) is 3.16. The molecule has 3 aromatic rings. The third-order valence-electron chi connectivity index (χ3n) is 4.71. The normalized spacial score (nSPS) is 13.1. The first kappa shape index (κ1) is 17.1. The monoisotopic (exact) mass is 360 g/mol. The minimum atomic E-state index is -0.240. The van der Waals surface area contributed by atoms with E-state index >= 15 is 0 Å². The van der Waals surface area contributed by atoms with Gasteiger partial charge in [-0.3, -0.25) is 9.59 Å². The zero-order chi connectivity index (χ0) is 18.6. The Balaban J connectivity index is 1.38. The first-order chi connectivity index (χ1) is 13.2. The van der Waals surface area contributed by atoms with E-state index in [9.17, 15) is 9.59 Å². The molecule has 1 aliphatic rings. The van der Waals surface area contributed by atoms with Crippen LogP contribution in [0.5, 0.6) is 0 Å². The van der Waals surface area contributed by atoms with Crippen LogP contribution in [0.3, 0.4) is 0 Å². The summed E-state index contributed by atoms with van der Waals surface area (Å²) in [4.78, 5) is 26.4. The molecule has 5 nitrogen and oxygen atoms in total. The highest BCUT2D eigenvalue weighted by Gasteiger charge is 2.24. The van der Waals surface area contributed by atoms with E-state index in [1.807, 2.05) is 42.5 Å². The lowest BCUT2D eigenvalue weighted by molar-refractivity contribution is -0.131. The molecule has 4 rings (SSSR count). The predicted octanol–water partition coefficient (Wildman–Crippen LogP) is 3.26. The van der Waals surface area contributed by atoms with Crippen LogP contribution in [0.2, 0.25) is 0 Å². The van der Waals surface area contributed by atoms with Gasteiger partial charge in [0.25, 0.3) is 5.91 Å². The molecule has 1 aliphatic heterocycles. The standard InChI is InChI=1S/C22H20N2O3/c25-21(14-23-22(26)17-9-5-2-6-10-17)24-12-11-19-18(15-24)13-20(27-19)16-7-3-1-4-8-16/h1-10,13H,11-12,14-15H2,(H,23,26). The van der Waals surface area contributed by atoms with Crippen molar-refractivity contribution in [3.8, 4) is 11.3 Å². The van der Waals surface area contributed by atoms with Crippen LogP contribution >= 0.6 is 0 Å². The van der Waals surface area contributed by atoms with Crippen LogP contribution in [-0.2, 0) is 17.8 Å². The number of amides is 2. The third kappa shape index (κ3) is 3.77. The summed E-state index contributed by atoms with van der Waals surface area (Å²) in [5, 5.41) is 2.70. The summed E-state index contributed by atoms with van der Waals surface area (Å²) in [6, 6.07) is 20.8. The summed E-state index contributed by atoms with van der Waals surface area (Å²) < 4.78 is 5.97. The molecule has 1 aromatic heterocycles. The number of hydrogen-bond donors (Lipinski definition) is 1. The number of benzene rings is 2. The molecular weight excluding hydrogens is 340 g/mol. The number of furan rings is 1. The molecule has 0 saturated carbocycles. The summed E-state index contributed by atoms with van der Waals surface area (Å²) in [5.41, 5.74) is 2.61. The Hall–Kier alpha value is -3.34. The largest absolute Gasteiger partial charge is 0.461 e. The highest BCUT2D eigenvalue weighted by Crippen LogP contribution is 2.29. The smallest absolute Gasteiger partial charge is 0.251 e. The molecule has 27 heavy (non-hydrogen) atoms. The molecule has 5 heteroatoms. The Bertz CT molecular complexity index is 948. The topological polar surface area (TPSA) is 62.6 Å². The molecule has 0 atom stereocenters. The lowest BCUT2D eigenvalue weighted by Crippen LogP contribution is -2.42. The number of carbonyl (C=O) groups is 2. The maximum absolute atomic E-state index is 12.5. The van der Waals surface area contributed by atoms with Crippen LogP contribution in [0.25, 0.3) is 11.3 Å². The Labute approximate surface area is 157 Å². The van der Waals surface area contributed by atoms with Crippen LogP contribution in [-0.4, -0.2) is 29.8 Å². The van der Waals surface area contributed by atoms with Gasteiger partial charge in [0.15, 0.2) is 0 Å². The summed E-state index contributed by atoms with van der Waals surface area (Å²) in [6.07, 6.45) is 0.681. The predicted molar refractivity (Wildman–Crippen MR) is 102 cm³/mol. The molecular formula is C22H20N2O3. The van der Waals surface area contributed by atoms with Crippen LogP contribution in [0.1, 0.15) is 21.7 Å². The van der Waals surface area contributed by atoms with Gasteiger partial charge in [0.05, 0.1) is 6.54 Å². The number of carbonyl (C=O) groups excluding carboxylic acids is 2. The van der Waals surface area contributed by atoms with Crippen molar-refractivity contribution in [3.05, 3.63) is 83.6 Å². The second kappa shape index (κ2) is 7.50. The Morgan fingerprint density at radius 2 is 1.70 bits per heavy atom. The number of fused-ring (bicyclic) bond motifs is 1. The molecule has 0 aliphatic carbocycles. The molecule has 2 amide bonds. The molecule has 1 N–H and O–H groups in total. The van der Waals surface area contributed by atoms with E-state index in [-0.39, 0.29) is 18.4 Å². The van der Waals surface area contributed by atoms with Crippen LogP contribution < -0.4 is 5.32 Å². The first-order valence-corrected chi connectivity index (χ1v) is 8.99. The minimum Gasteiger partial charge on any atom is -0.461 e. The van der Waals surface area contributed by atoms with Crippen LogP contribution in [0, 0.1) is 0 Å². The number of hydrogen-bond acceptors (Lipinski definition) is 3. The van der Waals surface area contributed by atoms with Crippen molar-refractivity contribution in [2.45, 2.75) is 13.0 Å². The number of nitrogens with zero attached hydrogens (tertiary/aromatic N) is 1. The van der Waals surface area contributed by atoms with Crippen molar-refractivity contribution in [2.75, 3.05) is 13.1 Å². The van der Waals surface area contributed by atoms with Gasteiger partial charge in [-0.15, -0.1) is 0 Å². The SMILES string of the molecule is O=C(NCC(=O)N1CCc2oc(-c3ccccc3)cc2C1)c1ccccc1. The molecule has 2 heterocycles. The van der Waals surface area contributed by atoms with E-state index < -0.39 is 0 Å². The Kier molecular flexibility index (Phi) is 4.75. The lowest BCUT2D eigenvalue weighted by Gasteiger charge is -2.26. The molecule has 0 radical (unpaired) electrons. The van der Waals surface area contributed by atoms with E-state index in [4.69, 9.17) is 4.42 Å². The van der Waals surface area contributed by atoms with Gasteiger partial charge in [-0.2, -0.15) is 0 Å². The van der Waals surface area contributed by atoms with Gasteiger partial charge in [-0.25, -0.2) is 0 Å². The van der Waals surface area contributed by atoms with Gasteiger partial charge >= 0.3 is 0 Å². The van der Waals surface area contributed by atoms with Crippen molar-refractivity contribution < 1.29 is 14.0 Å². The van der Waals surface area contributed by atoms with Gasteiger partial charge in [-0.05, 0) is 18.2 Å². The maximum Gasteiger partial charge on any atom is 0.251 e. The Morgan fingerprint density at radius 3 is 2.44 bits per heavy atom. The van der Waals surface area contributed by atoms with Gasteiger partial charge < -0.3 is 14.6 Å². The molecule has 0 unspecified atom stereocenters.